The second kappa shape index (κ2) is 4.50. The molecule has 0 aliphatic heterocycles. The van der Waals surface area contributed by atoms with Gasteiger partial charge in [-0.2, -0.15) is 0 Å². The Balaban J connectivity index is 3.67. The summed E-state index contributed by atoms with van der Waals surface area (Å²) < 4.78 is 0. The summed E-state index contributed by atoms with van der Waals surface area (Å²) in [5, 5.41) is 13.2. The molecule has 0 saturated heterocycles. The Morgan fingerprint density at radius 3 is 3.00 bits per heavy atom. The van der Waals surface area contributed by atoms with Crippen LogP contribution in [-0.2, 0) is 9.63 Å². The molecule has 58 valence electrons. The zero-order valence-electron chi connectivity index (χ0n) is 5.40. The SMILES string of the molecule is CO/N=[N+](\[O-])CC(=O)NN. The highest BCUT2D eigenvalue weighted by Crippen LogP contribution is 1.75. The average molecular weight is 148 g/mol. The van der Waals surface area contributed by atoms with Crippen molar-refractivity contribution in [3.63, 3.8) is 0 Å². The van der Waals surface area contributed by atoms with Crippen molar-refractivity contribution in [3.05, 3.63) is 5.21 Å². The van der Waals surface area contributed by atoms with Gasteiger partial charge in [0.2, 0.25) is 0 Å². The average Bonchev–Trinajstić information content (AvgIpc) is 1.88. The van der Waals surface area contributed by atoms with E-state index in [1.54, 1.807) is 5.43 Å². The van der Waals surface area contributed by atoms with Gasteiger partial charge in [0.1, 0.15) is 7.11 Å². The summed E-state index contributed by atoms with van der Waals surface area (Å²) in [4.78, 5) is 14.4. The molecule has 0 aromatic carbocycles. The van der Waals surface area contributed by atoms with Gasteiger partial charge in [-0.1, -0.05) is 0 Å². The number of nitrogens with zero attached hydrogens (tertiary/aromatic N) is 2. The second-order valence-corrected chi connectivity index (χ2v) is 1.34. The molecule has 0 radical (unpaired) electrons. The van der Waals surface area contributed by atoms with Crippen LogP contribution in [-0.4, -0.2) is 24.4 Å². The molecule has 0 unspecified atom stereocenters. The zero-order valence-corrected chi connectivity index (χ0v) is 5.40. The van der Waals surface area contributed by atoms with Crippen molar-refractivity contribution in [1.29, 1.82) is 0 Å². The minimum Gasteiger partial charge on any atom is -0.597 e. The molecule has 0 atom stereocenters. The number of rotatable bonds is 3. The number of hydrogen-bond donors (Lipinski definition) is 2. The molecule has 3 N–H and O–H groups in total. The number of carbonyl (C=O) groups is 1. The molecule has 10 heavy (non-hydrogen) atoms. The minimum absolute atomic E-state index is 0.0716. The molecule has 0 aromatic rings. The van der Waals surface area contributed by atoms with Gasteiger partial charge in [0.25, 0.3) is 6.54 Å². The smallest absolute Gasteiger partial charge is 0.303 e. The number of hydrazine groups is 1. The quantitative estimate of drug-likeness (QED) is 0.167. The van der Waals surface area contributed by atoms with E-state index < -0.39 is 12.5 Å². The van der Waals surface area contributed by atoms with Gasteiger partial charge < -0.3 is 10.0 Å². The van der Waals surface area contributed by atoms with E-state index in [4.69, 9.17) is 0 Å². The van der Waals surface area contributed by atoms with Crippen molar-refractivity contribution in [1.82, 2.24) is 5.43 Å². The molecule has 7 heteroatoms. The molecular weight excluding hydrogens is 140 g/mol. The highest BCUT2D eigenvalue weighted by atomic mass is 16.7. The Hall–Kier alpha value is -1.37. The normalized spacial score (nSPS) is 10.8. The number of nitrogens with two attached hydrogens (primary N) is 1. The summed E-state index contributed by atoms with van der Waals surface area (Å²) in [6.45, 7) is -0.468. The molecule has 0 fully saturated rings. The largest absolute Gasteiger partial charge is 0.597 e. The fourth-order valence-electron chi connectivity index (χ4n) is 0.288. The number of carbonyl (C=O) groups excluding carboxylic acids is 1. The highest BCUT2D eigenvalue weighted by molar-refractivity contribution is 5.76. The van der Waals surface area contributed by atoms with Crippen molar-refractivity contribution < 1.29 is 14.5 Å². The monoisotopic (exact) mass is 148 g/mol. The van der Waals surface area contributed by atoms with Crippen molar-refractivity contribution >= 4 is 5.91 Å². The van der Waals surface area contributed by atoms with Gasteiger partial charge in [0.15, 0.2) is 5.28 Å². The Labute approximate surface area is 57.0 Å². The van der Waals surface area contributed by atoms with Gasteiger partial charge in [-0.05, 0) is 4.86 Å². The van der Waals surface area contributed by atoms with Crippen molar-refractivity contribution in [3.8, 4) is 0 Å². The van der Waals surface area contributed by atoms with Crippen LogP contribution in [0.1, 0.15) is 0 Å². The van der Waals surface area contributed by atoms with Crippen LogP contribution >= 0.6 is 0 Å². The van der Waals surface area contributed by atoms with Crippen LogP contribution < -0.4 is 11.3 Å². The molecule has 0 rings (SSSR count). The van der Waals surface area contributed by atoms with E-state index in [0.717, 1.165) is 0 Å². The summed E-state index contributed by atoms with van der Waals surface area (Å²) in [5.41, 5.74) is 1.76. The third kappa shape index (κ3) is 3.61. The van der Waals surface area contributed by atoms with Gasteiger partial charge in [0, 0.05) is 0 Å². The maximum atomic E-state index is 10.3. The fourth-order valence-corrected chi connectivity index (χ4v) is 0.288. The summed E-state index contributed by atoms with van der Waals surface area (Å²) in [7, 11) is 1.20. The first kappa shape index (κ1) is 8.63. The lowest BCUT2D eigenvalue weighted by Crippen LogP contribution is -2.35. The lowest BCUT2D eigenvalue weighted by atomic mass is 10.6. The summed E-state index contributed by atoms with van der Waals surface area (Å²) in [5.74, 6) is 4.04. The van der Waals surface area contributed by atoms with Crippen LogP contribution in [0.3, 0.4) is 0 Å². The van der Waals surface area contributed by atoms with E-state index in [1.165, 1.54) is 7.11 Å². The predicted octanol–water partition coefficient (Wildman–Crippen LogP) is -1.50. The summed E-state index contributed by atoms with van der Waals surface area (Å²) in [6, 6.07) is 0. The number of nitrogens with one attached hydrogen (secondary N) is 1. The first-order valence-corrected chi connectivity index (χ1v) is 2.39. The number of hydroxylamine groups is 1. The second-order valence-electron chi connectivity index (χ2n) is 1.34. The van der Waals surface area contributed by atoms with Crippen LogP contribution in [0.4, 0.5) is 0 Å². The first-order chi connectivity index (χ1) is 4.70. The lowest BCUT2D eigenvalue weighted by Gasteiger charge is -1.96. The Morgan fingerprint density at radius 1 is 2.00 bits per heavy atom. The van der Waals surface area contributed by atoms with Crippen LogP contribution in [0.2, 0.25) is 0 Å². The van der Waals surface area contributed by atoms with Crippen molar-refractivity contribution in [2.45, 2.75) is 0 Å². The topological polar surface area (TPSA) is 103 Å². The van der Waals surface area contributed by atoms with Crippen LogP contribution in [0.5, 0.6) is 0 Å². The van der Waals surface area contributed by atoms with Gasteiger partial charge in [-0.15, -0.1) is 0 Å². The minimum atomic E-state index is -0.629. The number of hydrogen-bond acceptors (Lipinski definition) is 5. The molecule has 1 amide bonds. The molecule has 0 aliphatic rings. The molecule has 0 heterocycles. The van der Waals surface area contributed by atoms with Gasteiger partial charge in [-0.3, -0.25) is 10.2 Å². The van der Waals surface area contributed by atoms with Crippen LogP contribution in [0.25, 0.3) is 0 Å². The maximum absolute atomic E-state index is 10.3. The standard InChI is InChI=1S/C3H8N4O3/c1-10-6-7(9)2-3(8)5-4/h2,4H2,1H3,(H,5,8)/b7-6-. The molecule has 0 aliphatic carbocycles. The third-order valence-corrected chi connectivity index (χ3v) is 0.613. The maximum Gasteiger partial charge on any atom is 0.303 e. The molecule has 0 bridgehead atoms. The van der Waals surface area contributed by atoms with Crippen molar-refractivity contribution in [2.75, 3.05) is 13.7 Å². The van der Waals surface area contributed by atoms with Crippen LogP contribution in [0, 0.1) is 5.21 Å². The molecule has 0 saturated carbocycles. The zero-order chi connectivity index (χ0) is 7.98. The first-order valence-electron chi connectivity index (χ1n) is 2.39. The van der Waals surface area contributed by atoms with E-state index >= 15 is 0 Å². The molecule has 0 spiro atoms. The van der Waals surface area contributed by atoms with E-state index in [2.05, 4.69) is 16.0 Å². The Morgan fingerprint density at radius 2 is 2.60 bits per heavy atom. The summed E-state index contributed by atoms with van der Waals surface area (Å²) in [6.07, 6.45) is 0. The van der Waals surface area contributed by atoms with E-state index in [9.17, 15) is 10.0 Å². The Kier molecular flexibility index (Phi) is 3.89. The Bertz CT molecular complexity index is 145. The van der Waals surface area contributed by atoms with E-state index in [0.29, 0.717) is 0 Å². The van der Waals surface area contributed by atoms with E-state index in [1.807, 2.05) is 0 Å². The fraction of sp³-hybridized carbons (Fsp3) is 0.667. The molecule has 7 nitrogen and oxygen atoms in total. The highest BCUT2D eigenvalue weighted by Gasteiger charge is 2.04. The molecular formula is C3H8N4O3. The van der Waals surface area contributed by atoms with Crippen molar-refractivity contribution in [2.24, 2.45) is 11.1 Å². The summed E-state index contributed by atoms with van der Waals surface area (Å²) >= 11 is 0. The van der Waals surface area contributed by atoms with Gasteiger partial charge in [0.05, 0.1) is 0 Å². The predicted molar refractivity (Wildman–Crippen MR) is 30.3 cm³/mol. The molecule has 0 aromatic heterocycles. The number of amides is 1. The van der Waals surface area contributed by atoms with E-state index in [-0.39, 0.29) is 4.86 Å². The third-order valence-electron chi connectivity index (χ3n) is 0.613. The van der Waals surface area contributed by atoms with Crippen LogP contribution in [0.15, 0.2) is 5.28 Å². The van der Waals surface area contributed by atoms with Gasteiger partial charge >= 0.3 is 5.91 Å². The van der Waals surface area contributed by atoms with Gasteiger partial charge in [-0.25, -0.2) is 5.84 Å². The lowest BCUT2D eigenvalue weighted by molar-refractivity contribution is -0.546.